The van der Waals surface area contributed by atoms with Crippen LogP contribution in [0.25, 0.3) is 0 Å². The first-order valence-electron chi connectivity index (χ1n) is 5.97. The van der Waals surface area contributed by atoms with E-state index in [2.05, 4.69) is 27.2 Å². The highest BCUT2D eigenvalue weighted by Gasteiger charge is 2.10. The van der Waals surface area contributed by atoms with Crippen LogP contribution in [0, 0.1) is 18.8 Å². The van der Waals surface area contributed by atoms with Crippen LogP contribution in [-0.4, -0.2) is 32.4 Å². The lowest BCUT2D eigenvalue weighted by molar-refractivity contribution is 0.102. The van der Waals surface area contributed by atoms with E-state index in [1.165, 1.54) is 11.0 Å². The van der Waals surface area contributed by atoms with Gasteiger partial charge in [0.15, 0.2) is 0 Å². The molecule has 0 saturated carbocycles. The summed E-state index contributed by atoms with van der Waals surface area (Å²) in [6.45, 7) is 1.68. The Morgan fingerprint density at radius 1 is 1.50 bits per heavy atom. The van der Waals surface area contributed by atoms with Crippen LogP contribution >= 0.6 is 0 Å². The minimum atomic E-state index is -0.284. The second kappa shape index (κ2) is 5.99. The van der Waals surface area contributed by atoms with Gasteiger partial charge in [-0.1, -0.05) is 17.9 Å². The zero-order valence-electron chi connectivity index (χ0n) is 11.2. The standard InChI is InChI=1S/C14H14N4O2/c1-10-5-6-12(8-11(10)4-3-7-19)13(20)17-14-15-9-16-18(14)2/h5-6,8-9,19H,7H2,1-2H3,(H,15,16,17,20). The molecule has 0 aliphatic carbocycles. The fourth-order valence-electron chi connectivity index (χ4n) is 1.62. The van der Waals surface area contributed by atoms with E-state index in [0.29, 0.717) is 17.1 Å². The summed E-state index contributed by atoms with van der Waals surface area (Å²) < 4.78 is 1.47. The number of nitrogens with zero attached hydrogens (tertiary/aromatic N) is 3. The van der Waals surface area contributed by atoms with Gasteiger partial charge in [-0.15, -0.1) is 0 Å². The third kappa shape index (κ3) is 3.02. The Balaban J connectivity index is 2.24. The highest BCUT2D eigenvalue weighted by atomic mass is 16.2. The number of hydrogen-bond acceptors (Lipinski definition) is 4. The second-order valence-corrected chi connectivity index (χ2v) is 4.15. The highest BCUT2D eigenvalue weighted by molar-refractivity contribution is 6.03. The molecule has 0 radical (unpaired) electrons. The average Bonchev–Trinajstić information content (AvgIpc) is 2.83. The van der Waals surface area contributed by atoms with Gasteiger partial charge in [-0.05, 0) is 24.6 Å². The number of benzene rings is 1. The molecular weight excluding hydrogens is 256 g/mol. The predicted molar refractivity (Wildman–Crippen MR) is 74.1 cm³/mol. The van der Waals surface area contributed by atoms with Crippen molar-refractivity contribution in [2.45, 2.75) is 6.92 Å². The van der Waals surface area contributed by atoms with Crippen LogP contribution in [0.4, 0.5) is 5.95 Å². The molecule has 102 valence electrons. The largest absolute Gasteiger partial charge is 0.384 e. The van der Waals surface area contributed by atoms with Gasteiger partial charge in [-0.2, -0.15) is 10.1 Å². The number of amides is 1. The molecule has 0 fully saturated rings. The first-order valence-corrected chi connectivity index (χ1v) is 5.97. The summed E-state index contributed by atoms with van der Waals surface area (Å²) in [5.41, 5.74) is 2.13. The van der Waals surface area contributed by atoms with E-state index in [9.17, 15) is 4.79 Å². The molecule has 1 aromatic heterocycles. The molecule has 0 unspecified atom stereocenters. The summed E-state index contributed by atoms with van der Waals surface area (Å²) in [6, 6.07) is 5.21. The van der Waals surface area contributed by atoms with E-state index in [1.54, 1.807) is 19.2 Å². The summed E-state index contributed by atoms with van der Waals surface area (Å²) in [5, 5.41) is 15.3. The molecule has 2 rings (SSSR count). The number of carbonyl (C=O) groups excluding carboxylic acids is 1. The number of rotatable bonds is 2. The van der Waals surface area contributed by atoms with E-state index in [-0.39, 0.29) is 12.5 Å². The van der Waals surface area contributed by atoms with Gasteiger partial charge in [0.1, 0.15) is 12.9 Å². The van der Waals surface area contributed by atoms with Crippen LogP contribution in [0.5, 0.6) is 0 Å². The van der Waals surface area contributed by atoms with E-state index in [4.69, 9.17) is 5.11 Å². The molecule has 0 saturated heterocycles. The van der Waals surface area contributed by atoms with Gasteiger partial charge < -0.3 is 5.11 Å². The normalized spacial score (nSPS) is 9.75. The van der Waals surface area contributed by atoms with E-state index >= 15 is 0 Å². The molecule has 0 atom stereocenters. The van der Waals surface area contributed by atoms with Crippen molar-refractivity contribution in [1.82, 2.24) is 14.8 Å². The number of hydrogen-bond donors (Lipinski definition) is 2. The van der Waals surface area contributed by atoms with Crippen LogP contribution in [0.2, 0.25) is 0 Å². The summed E-state index contributed by atoms with van der Waals surface area (Å²) in [6.07, 6.45) is 1.36. The molecule has 0 aliphatic rings. The molecule has 6 heteroatoms. The van der Waals surface area contributed by atoms with Gasteiger partial charge in [0.05, 0.1) is 0 Å². The Morgan fingerprint density at radius 3 is 2.95 bits per heavy atom. The number of aliphatic hydroxyl groups is 1. The van der Waals surface area contributed by atoms with Crippen LogP contribution in [0.15, 0.2) is 24.5 Å². The number of aliphatic hydroxyl groups excluding tert-OH is 1. The van der Waals surface area contributed by atoms with Crippen molar-refractivity contribution in [1.29, 1.82) is 0 Å². The Hall–Kier alpha value is -2.65. The van der Waals surface area contributed by atoms with Crippen molar-refractivity contribution < 1.29 is 9.90 Å². The summed E-state index contributed by atoms with van der Waals surface area (Å²) in [7, 11) is 1.69. The second-order valence-electron chi connectivity index (χ2n) is 4.15. The number of aryl methyl sites for hydroxylation is 2. The third-order valence-corrected chi connectivity index (χ3v) is 2.74. The van der Waals surface area contributed by atoms with Crippen LogP contribution < -0.4 is 5.32 Å². The lowest BCUT2D eigenvalue weighted by Crippen LogP contribution is -2.15. The minimum Gasteiger partial charge on any atom is -0.384 e. The van der Waals surface area contributed by atoms with E-state index in [0.717, 1.165) is 5.56 Å². The first-order chi connectivity index (χ1) is 9.61. The third-order valence-electron chi connectivity index (χ3n) is 2.74. The number of nitrogens with one attached hydrogen (secondary N) is 1. The Labute approximate surface area is 116 Å². The van der Waals surface area contributed by atoms with Crippen molar-refractivity contribution in [2.24, 2.45) is 7.05 Å². The number of aromatic nitrogens is 3. The zero-order chi connectivity index (χ0) is 14.5. The zero-order valence-corrected chi connectivity index (χ0v) is 11.2. The van der Waals surface area contributed by atoms with Gasteiger partial charge in [-0.25, -0.2) is 4.68 Å². The molecule has 0 bridgehead atoms. The molecule has 20 heavy (non-hydrogen) atoms. The monoisotopic (exact) mass is 270 g/mol. The molecule has 6 nitrogen and oxygen atoms in total. The van der Waals surface area contributed by atoms with Gasteiger partial charge in [0, 0.05) is 18.2 Å². The maximum Gasteiger partial charge on any atom is 0.258 e. The molecule has 1 aromatic carbocycles. The van der Waals surface area contributed by atoms with Gasteiger partial charge in [0.25, 0.3) is 5.91 Å². The van der Waals surface area contributed by atoms with Crippen molar-refractivity contribution in [3.05, 3.63) is 41.2 Å². The fourth-order valence-corrected chi connectivity index (χ4v) is 1.62. The Bertz CT molecular complexity index is 695. The molecular formula is C14H14N4O2. The Kier molecular flexibility index (Phi) is 4.13. The molecule has 1 amide bonds. The molecule has 2 N–H and O–H groups in total. The smallest absolute Gasteiger partial charge is 0.258 e. The molecule has 0 spiro atoms. The average molecular weight is 270 g/mol. The highest BCUT2D eigenvalue weighted by Crippen LogP contribution is 2.12. The fraction of sp³-hybridized carbons (Fsp3) is 0.214. The van der Waals surface area contributed by atoms with Gasteiger partial charge >= 0.3 is 0 Å². The summed E-state index contributed by atoms with van der Waals surface area (Å²) in [4.78, 5) is 16.0. The van der Waals surface area contributed by atoms with E-state index < -0.39 is 0 Å². The first kappa shape index (κ1) is 13.8. The van der Waals surface area contributed by atoms with Crippen LogP contribution in [0.1, 0.15) is 21.5 Å². The summed E-state index contributed by atoms with van der Waals surface area (Å²) >= 11 is 0. The maximum atomic E-state index is 12.1. The lowest BCUT2D eigenvalue weighted by atomic mass is 10.0. The minimum absolute atomic E-state index is 0.213. The summed E-state index contributed by atoms with van der Waals surface area (Å²) in [5.74, 6) is 5.48. The number of carbonyl (C=O) groups is 1. The van der Waals surface area contributed by atoms with Crippen LogP contribution in [-0.2, 0) is 7.05 Å². The van der Waals surface area contributed by atoms with Crippen molar-refractivity contribution in [3.63, 3.8) is 0 Å². The van der Waals surface area contributed by atoms with Crippen molar-refractivity contribution >= 4 is 11.9 Å². The number of anilines is 1. The van der Waals surface area contributed by atoms with Gasteiger partial charge in [0.2, 0.25) is 5.95 Å². The molecule has 0 aliphatic heterocycles. The molecule has 1 heterocycles. The SMILES string of the molecule is Cc1ccc(C(=O)Nc2ncnn2C)cc1C#CCO. The Morgan fingerprint density at radius 2 is 2.30 bits per heavy atom. The maximum absolute atomic E-state index is 12.1. The van der Waals surface area contributed by atoms with Crippen LogP contribution in [0.3, 0.4) is 0 Å². The predicted octanol–water partition coefficient (Wildman–Crippen LogP) is 0.720. The quantitative estimate of drug-likeness (QED) is 0.788. The lowest BCUT2D eigenvalue weighted by Gasteiger charge is -2.05. The molecule has 2 aromatic rings. The van der Waals surface area contributed by atoms with Gasteiger partial charge in [-0.3, -0.25) is 10.1 Å². The van der Waals surface area contributed by atoms with Crippen molar-refractivity contribution in [2.75, 3.05) is 11.9 Å². The van der Waals surface area contributed by atoms with Crippen molar-refractivity contribution in [3.8, 4) is 11.8 Å². The topological polar surface area (TPSA) is 80.0 Å². The van der Waals surface area contributed by atoms with E-state index in [1.807, 2.05) is 13.0 Å².